The Bertz CT molecular complexity index is 1210. The summed E-state index contributed by atoms with van der Waals surface area (Å²) in [5.41, 5.74) is 4.60. The van der Waals surface area contributed by atoms with Crippen molar-refractivity contribution in [2.24, 2.45) is 5.92 Å². The normalized spacial score (nSPS) is 11.7. The summed E-state index contributed by atoms with van der Waals surface area (Å²) in [5, 5.41) is 4.30. The number of carbonyl (C=O) groups is 3. The van der Waals surface area contributed by atoms with Crippen molar-refractivity contribution >= 4 is 18.0 Å². The van der Waals surface area contributed by atoms with Crippen molar-refractivity contribution in [1.82, 2.24) is 20.7 Å². The number of methoxy groups -OCH3 is 1. The van der Waals surface area contributed by atoms with Gasteiger partial charge in [0.15, 0.2) is 11.4 Å². The van der Waals surface area contributed by atoms with Crippen LogP contribution in [0.5, 0.6) is 11.5 Å². The summed E-state index contributed by atoms with van der Waals surface area (Å²) >= 11 is 0. The molecule has 206 valence electrons. The number of rotatable bonds is 11. The quantitative estimate of drug-likeness (QED) is 0.278. The molecule has 1 heterocycles. The number of hydrogen-bond donors (Lipinski definition) is 2. The van der Waals surface area contributed by atoms with Crippen molar-refractivity contribution in [1.29, 1.82) is 0 Å². The zero-order valence-electron chi connectivity index (χ0n) is 22.7. The van der Waals surface area contributed by atoms with Crippen LogP contribution in [0.4, 0.5) is 4.79 Å². The van der Waals surface area contributed by atoms with Crippen LogP contribution in [0.3, 0.4) is 0 Å². The fourth-order valence-electron chi connectivity index (χ4n) is 3.78. The summed E-state index contributed by atoms with van der Waals surface area (Å²) in [7, 11) is 3.13. The highest BCUT2D eigenvalue weighted by atomic mass is 16.7. The number of aromatic nitrogens is 1. The second-order valence-electron chi connectivity index (χ2n) is 9.25. The lowest BCUT2D eigenvalue weighted by atomic mass is 9.98. The Morgan fingerprint density at radius 3 is 2.05 bits per heavy atom. The van der Waals surface area contributed by atoms with Crippen LogP contribution in [0, 0.1) is 5.92 Å². The first-order chi connectivity index (χ1) is 18.7. The largest absolute Gasteiger partial charge is 0.514 e. The highest BCUT2D eigenvalue weighted by molar-refractivity contribution is 5.99. The van der Waals surface area contributed by atoms with Gasteiger partial charge in [0.2, 0.25) is 5.75 Å². The molecular weight excluding hydrogens is 500 g/mol. The van der Waals surface area contributed by atoms with Gasteiger partial charge in [-0.15, -0.1) is 0 Å². The van der Waals surface area contributed by atoms with Crippen molar-refractivity contribution in [3.63, 3.8) is 0 Å². The molecule has 2 aromatic carbocycles. The van der Waals surface area contributed by atoms with Crippen molar-refractivity contribution in [3.8, 4) is 11.5 Å². The summed E-state index contributed by atoms with van der Waals surface area (Å²) in [6.07, 6.45) is 0.340. The van der Waals surface area contributed by atoms with Gasteiger partial charge in [0.1, 0.15) is 6.04 Å². The summed E-state index contributed by atoms with van der Waals surface area (Å²) in [6.45, 7) is 5.44. The molecule has 3 rings (SSSR count). The molecule has 39 heavy (non-hydrogen) atoms. The molecule has 0 unspecified atom stereocenters. The summed E-state index contributed by atoms with van der Waals surface area (Å²) in [5.74, 6) is -1.18. The minimum atomic E-state index is -0.996. The fourth-order valence-corrected chi connectivity index (χ4v) is 3.78. The van der Waals surface area contributed by atoms with Crippen LogP contribution in [0.2, 0.25) is 0 Å². The van der Waals surface area contributed by atoms with E-state index in [2.05, 4.69) is 15.7 Å². The molecule has 3 aromatic rings. The standard InChI is InChI=1S/C29H34N4O6/c1-19(2)18-38-29(36)39-26-23(37-5)16-17-30-24(26)28(35)31-20(3)27(34)32-33(4)25(21-12-8-6-9-13-21)22-14-10-7-11-15-22/h6-17,19-20,25H,18H2,1-5H3,(H,31,35)(H,32,34)/t20-/m0/s1. The summed E-state index contributed by atoms with van der Waals surface area (Å²) in [6, 6.07) is 19.7. The average Bonchev–Trinajstić information content (AvgIpc) is 2.93. The number of hydrogen-bond acceptors (Lipinski definition) is 8. The van der Waals surface area contributed by atoms with E-state index in [1.54, 1.807) is 19.0 Å². The van der Waals surface area contributed by atoms with E-state index in [9.17, 15) is 14.4 Å². The zero-order valence-corrected chi connectivity index (χ0v) is 22.7. The van der Waals surface area contributed by atoms with Gasteiger partial charge in [-0.1, -0.05) is 74.5 Å². The van der Waals surface area contributed by atoms with Crippen molar-refractivity contribution < 1.29 is 28.6 Å². The second kappa shape index (κ2) is 13.9. The molecule has 0 aliphatic rings. The molecule has 0 fully saturated rings. The Kier molecular flexibility index (Phi) is 10.4. The second-order valence-corrected chi connectivity index (χ2v) is 9.25. The Hall–Kier alpha value is -4.44. The Balaban J connectivity index is 1.73. The van der Waals surface area contributed by atoms with Crippen LogP contribution in [0.1, 0.15) is 48.4 Å². The Morgan fingerprint density at radius 1 is 0.923 bits per heavy atom. The lowest BCUT2D eigenvalue weighted by Gasteiger charge is -2.30. The van der Waals surface area contributed by atoms with Crippen LogP contribution in [0.25, 0.3) is 0 Å². The zero-order chi connectivity index (χ0) is 28.4. The fraction of sp³-hybridized carbons (Fsp3) is 0.310. The first-order valence-electron chi connectivity index (χ1n) is 12.5. The number of carbonyl (C=O) groups excluding carboxylic acids is 3. The van der Waals surface area contributed by atoms with E-state index in [0.717, 1.165) is 11.1 Å². The third-order valence-electron chi connectivity index (χ3n) is 5.67. The van der Waals surface area contributed by atoms with Gasteiger partial charge >= 0.3 is 6.16 Å². The van der Waals surface area contributed by atoms with E-state index in [1.165, 1.54) is 19.4 Å². The van der Waals surface area contributed by atoms with Crippen molar-refractivity contribution in [2.75, 3.05) is 20.8 Å². The molecule has 0 bridgehead atoms. The van der Waals surface area contributed by atoms with E-state index in [4.69, 9.17) is 14.2 Å². The minimum Gasteiger partial charge on any atom is -0.493 e. The van der Waals surface area contributed by atoms with Gasteiger partial charge in [-0.2, -0.15) is 0 Å². The molecule has 2 N–H and O–H groups in total. The number of amides is 2. The maximum Gasteiger partial charge on any atom is 0.514 e. The Morgan fingerprint density at radius 2 is 1.51 bits per heavy atom. The van der Waals surface area contributed by atoms with E-state index < -0.39 is 24.0 Å². The number of pyridine rings is 1. The molecule has 10 heteroatoms. The molecule has 0 spiro atoms. The van der Waals surface area contributed by atoms with Gasteiger partial charge in [0, 0.05) is 19.3 Å². The Labute approximate surface area is 228 Å². The molecule has 0 aliphatic carbocycles. The number of nitrogens with one attached hydrogen (secondary N) is 2. The van der Waals surface area contributed by atoms with Crippen molar-refractivity contribution in [3.05, 3.63) is 89.7 Å². The van der Waals surface area contributed by atoms with Crippen LogP contribution >= 0.6 is 0 Å². The van der Waals surface area contributed by atoms with E-state index in [-0.39, 0.29) is 35.8 Å². The smallest absolute Gasteiger partial charge is 0.493 e. The maximum absolute atomic E-state index is 13.1. The third kappa shape index (κ3) is 8.02. The van der Waals surface area contributed by atoms with E-state index >= 15 is 0 Å². The maximum atomic E-state index is 13.1. The molecule has 0 saturated heterocycles. The number of benzene rings is 2. The van der Waals surface area contributed by atoms with Crippen LogP contribution in [-0.2, 0) is 9.53 Å². The first kappa shape index (κ1) is 29.1. The van der Waals surface area contributed by atoms with Crippen molar-refractivity contribution in [2.45, 2.75) is 32.9 Å². The molecular formula is C29H34N4O6. The molecule has 0 radical (unpaired) electrons. The highest BCUT2D eigenvalue weighted by Gasteiger charge is 2.27. The predicted octanol–water partition coefficient (Wildman–Crippen LogP) is 4.13. The average molecular weight is 535 g/mol. The number of hydrazine groups is 1. The lowest BCUT2D eigenvalue weighted by Crippen LogP contribution is -2.51. The first-order valence-corrected chi connectivity index (χ1v) is 12.5. The highest BCUT2D eigenvalue weighted by Crippen LogP contribution is 2.30. The van der Waals surface area contributed by atoms with Gasteiger partial charge in [-0.3, -0.25) is 15.0 Å². The monoisotopic (exact) mass is 534 g/mol. The molecule has 0 aliphatic heterocycles. The van der Waals surface area contributed by atoms with Crippen LogP contribution in [0.15, 0.2) is 72.9 Å². The molecule has 10 nitrogen and oxygen atoms in total. The summed E-state index contributed by atoms with van der Waals surface area (Å²) in [4.78, 5) is 42.4. The van der Waals surface area contributed by atoms with Gasteiger partial charge in [-0.25, -0.2) is 14.8 Å². The molecule has 1 atom stereocenters. The van der Waals surface area contributed by atoms with E-state index in [0.29, 0.717) is 0 Å². The third-order valence-corrected chi connectivity index (χ3v) is 5.67. The lowest BCUT2D eigenvalue weighted by molar-refractivity contribution is -0.127. The van der Waals surface area contributed by atoms with E-state index in [1.807, 2.05) is 74.5 Å². The SMILES string of the molecule is COc1ccnc(C(=O)N[C@@H](C)C(=O)NN(C)C(c2ccccc2)c2ccccc2)c1OC(=O)OCC(C)C. The molecule has 0 saturated carbocycles. The van der Waals surface area contributed by atoms with Gasteiger partial charge in [0.25, 0.3) is 11.8 Å². The van der Waals surface area contributed by atoms with Crippen LogP contribution in [-0.4, -0.2) is 54.8 Å². The van der Waals surface area contributed by atoms with Crippen LogP contribution < -0.4 is 20.2 Å². The van der Waals surface area contributed by atoms with Gasteiger partial charge in [0.05, 0.1) is 19.8 Å². The topological polar surface area (TPSA) is 119 Å². The molecule has 1 aromatic heterocycles. The number of nitrogens with zero attached hydrogens (tertiary/aromatic N) is 2. The van der Waals surface area contributed by atoms with Gasteiger partial charge in [-0.05, 0) is 24.0 Å². The predicted molar refractivity (Wildman–Crippen MR) is 145 cm³/mol. The molecule has 2 amide bonds. The number of ether oxygens (including phenoxy) is 3. The van der Waals surface area contributed by atoms with Gasteiger partial charge < -0.3 is 19.5 Å². The summed E-state index contributed by atoms with van der Waals surface area (Å²) < 4.78 is 15.6. The minimum absolute atomic E-state index is 0.0944.